The van der Waals surface area contributed by atoms with Crippen LogP contribution in [-0.2, 0) is 26.1 Å². The van der Waals surface area contributed by atoms with Crippen LogP contribution in [0.2, 0.25) is 0 Å². The van der Waals surface area contributed by atoms with Crippen LogP contribution in [0.4, 0.5) is 4.79 Å². The van der Waals surface area contributed by atoms with Crippen LogP contribution in [0, 0.1) is 0 Å². The zero-order valence-electron chi connectivity index (χ0n) is 17.7. The number of carbonyl (C=O) groups excluding carboxylic acids is 2. The number of sulfonamides is 1. The fourth-order valence-corrected chi connectivity index (χ4v) is 4.84. The molecular weight excluding hydrogens is 422 g/mol. The molecule has 0 atom stereocenters. The Morgan fingerprint density at radius 3 is 2.29 bits per heavy atom. The highest BCUT2D eigenvalue weighted by Gasteiger charge is 2.25. The van der Waals surface area contributed by atoms with Gasteiger partial charge in [-0.3, -0.25) is 9.69 Å². The first kappa shape index (κ1) is 23.5. The number of morpholine rings is 1. The van der Waals surface area contributed by atoms with Gasteiger partial charge in [-0.1, -0.05) is 30.3 Å². The monoisotopic (exact) mass is 453 g/mol. The molecule has 0 radical (unpaired) electrons. The third-order valence-corrected chi connectivity index (χ3v) is 7.23. The fraction of sp³-hybridized carbons (Fsp3) is 0.600. The molecule has 3 amide bonds. The maximum Gasteiger partial charge on any atom is 0.317 e. The van der Waals surface area contributed by atoms with Crippen molar-refractivity contribution in [2.75, 3.05) is 71.3 Å². The number of urea groups is 1. The third-order valence-electron chi connectivity index (χ3n) is 5.36. The summed E-state index contributed by atoms with van der Waals surface area (Å²) in [5.74, 6) is -0.171. The van der Waals surface area contributed by atoms with Gasteiger partial charge in [-0.05, 0) is 5.56 Å². The van der Waals surface area contributed by atoms with E-state index in [0.29, 0.717) is 65.6 Å². The van der Waals surface area contributed by atoms with E-state index >= 15 is 0 Å². The molecule has 2 fully saturated rings. The number of rotatable bonds is 8. The molecule has 31 heavy (non-hydrogen) atoms. The van der Waals surface area contributed by atoms with Gasteiger partial charge in [0.05, 0.1) is 25.5 Å². The molecule has 0 aliphatic carbocycles. The lowest BCUT2D eigenvalue weighted by atomic mass is 10.2. The highest BCUT2D eigenvalue weighted by atomic mass is 32.2. The molecule has 1 aromatic rings. The van der Waals surface area contributed by atoms with Crippen LogP contribution in [0.5, 0.6) is 0 Å². The molecule has 0 spiro atoms. The Balaban J connectivity index is 1.31. The van der Waals surface area contributed by atoms with Crippen LogP contribution in [0.25, 0.3) is 0 Å². The molecule has 2 heterocycles. The highest BCUT2D eigenvalue weighted by molar-refractivity contribution is 7.89. The van der Waals surface area contributed by atoms with E-state index in [0.717, 1.165) is 5.56 Å². The summed E-state index contributed by atoms with van der Waals surface area (Å²) in [7, 11) is -3.39. The quantitative estimate of drug-likeness (QED) is 0.538. The molecular formula is C20H31N5O5S. The fourth-order valence-electron chi connectivity index (χ4n) is 3.52. The Labute approximate surface area is 183 Å². The Hall–Kier alpha value is -2.21. The van der Waals surface area contributed by atoms with Crippen molar-refractivity contribution in [3.8, 4) is 0 Å². The van der Waals surface area contributed by atoms with Gasteiger partial charge in [-0.2, -0.15) is 4.31 Å². The van der Waals surface area contributed by atoms with Crippen LogP contribution in [0.3, 0.4) is 0 Å². The molecule has 10 nitrogen and oxygen atoms in total. The van der Waals surface area contributed by atoms with Crippen molar-refractivity contribution in [1.29, 1.82) is 0 Å². The number of piperazine rings is 1. The molecule has 2 aliphatic rings. The summed E-state index contributed by atoms with van der Waals surface area (Å²) in [6.07, 6.45) is 0. The number of nitrogens with one attached hydrogen (secondary N) is 2. The molecule has 2 N–H and O–H groups in total. The Morgan fingerprint density at radius 1 is 0.935 bits per heavy atom. The van der Waals surface area contributed by atoms with E-state index in [1.54, 1.807) is 4.90 Å². The molecule has 3 rings (SSSR count). The molecule has 0 unspecified atom stereocenters. The number of amides is 3. The van der Waals surface area contributed by atoms with E-state index < -0.39 is 10.0 Å². The topological polar surface area (TPSA) is 111 Å². The van der Waals surface area contributed by atoms with Crippen molar-refractivity contribution >= 4 is 22.0 Å². The van der Waals surface area contributed by atoms with Crippen molar-refractivity contribution in [1.82, 2.24) is 24.7 Å². The summed E-state index contributed by atoms with van der Waals surface area (Å²) >= 11 is 0. The zero-order chi connectivity index (χ0) is 22.1. The average molecular weight is 454 g/mol. The van der Waals surface area contributed by atoms with Gasteiger partial charge < -0.3 is 20.3 Å². The number of carbonyl (C=O) groups is 2. The van der Waals surface area contributed by atoms with E-state index in [9.17, 15) is 18.0 Å². The van der Waals surface area contributed by atoms with Gasteiger partial charge in [-0.15, -0.1) is 0 Å². The van der Waals surface area contributed by atoms with Gasteiger partial charge in [0.2, 0.25) is 15.9 Å². The molecule has 172 valence electrons. The van der Waals surface area contributed by atoms with Crippen LogP contribution >= 0.6 is 0 Å². The lowest BCUT2D eigenvalue weighted by Gasteiger charge is -2.34. The Kier molecular flexibility index (Phi) is 8.64. The van der Waals surface area contributed by atoms with Crippen LogP contribution in [-0.4, -0.2) is 106 Å². The van der Waals surface area contributed by atoms with Crippen LogP contribution < -0.4 is 10.6 Å². The number of nitrogens with zero attached hydrogens (tertiary/aromatic N) is 3. The van der Waals surface area contributed by atoms with Gasteiger partial charge in [0.25, 0.3) is 0 Å². The highest BCUT2D eigenvalue weighted by Crippen LogP contribution is 2.06. The first-order chi connectivity index (χ1) is 14.9. The predicted octanol–water partition coefficient (Wildman–Crippen LogP) is -0.708. The van der Waals surface area contributed by atoms with Crippen LogP contribution in [0.1, 0.15) is 5.56 Å². The largest absolute Gasteiger partial charge is 0.379 e. The molecule has 0 aromatic heterocycles. The predicted molar refractivity (Wildman–Crippen MR) is 116 cm³/mol. The SMILES string of the molecule is O=C(CN1CCN(C(=O)NCCS(=O)(=O)N2CCOCC2)CC1)NCc1ccccc1. The van der Waals surface area contributed by atoms with Gasteiger partial charge in [0.1, 0.15) is 0 Å². The molecule has 1 aromatic carbocycles. The van der Waals surface area contributed by atoms with Crippen molar-refractivity contribution in [3.05, 3.63) is 35.9 Å². The summed E-state index contributed by atoms with van der Waals surface area (Å²) in [6.45, 7) is 4.56. The average Bonchev–Trinajstić information content (AvgIpc) is 2.79. The van der Waals surface area contributed by atoms with E-state index in [2.05, 4.69) is 10.6 Å². The zero-order valence-corrected chi connectivity index (χ0v) is 18.5. The number of hydrogen-bond donors (Lipinski definition) is 2. The van der Waals surface area contributed by atoms with Crippen molar-refractivity contribution in [2.24, 2.45) is 0 Å². The van der Waals surface area contributed by atoms with Gasteiger partial charge in [0, 0.05) is 52.4 Å². The smallest absolute Gasteiger partial charge is 0.317 e. The maximum absolute atomic E-state index is 12.3. The molecule has 0 bridgehead atoms. The lowest BCUT2D eigenvalue weighted by Crippen LogP contribution is -2.54. The van der Waals surface area contributed by atoms with E-state index in [4.69, 9.17) is 4.74 Å². The minimum Gasteiger partial charge on any atom is -0.379 e. The summed E-state index contributed by atoms with van der Waals surface area (Å²) in [5, 5.41) is 5.60. The molecule has 2 saturated heterocycles. The second-order valence-electron chi connectivity index (χ2n) is 7.58. The number of hydrogen-bond acceptors (Lipinski definition) is 6. The Bertz CT molecular complexity index is 822. The standard InChI is InChI=1S/C20H31N5O5S/c26-19(22-16-18-4-2-1-3-5-18)17-23-7-9-24(10-8-23)20(27)21-6-15-31(28,29)25-11-13-30-14-12-25/h1-5H,6-17H2,(H,21,27)(H,22,26). The summed E-state index contributed by atoms with van der Waals surface area (Å²) < 4.78 is 31.2. The molecule has 0 saturated carbocycles. The van der Waals surface area contributed by atoms with E-state index in [-0.39, 0.29) is 24.2 Å². The minimum atomic E-state index is -3.39. The molecule has 2 aliphatic heterocycles. The van der Waals surface area contributed by atoms with Crippen molar-refractivity contribution in [2.45, 2.75) is 6.54 Å². The summed E-state index contributed by atoms with van der Waals surface area (Å²) in [6, 6.07) is 9.45. The second kappa shape index (κ2) is 11.4. The lowest BCUT2D eigenvalue weighted by molar-refractivity contribution is -0.122. The van der Waals surface area contributed by atoms with Crippen LogP contribution in [0.15, 0.2) is 30.3 Å². The van der Waals surface area contributed by atoms with Gasteiger partial charge >= 0.3 is 6.03 Å². The van der Waals surface area contributed by atoms with Gasteiger partial charge in [-0.25, -0.2) is 13.2 Å². The number of ether oxygens (including phenoxy) is 1. The normalized spacial score (nSPS) is 18.5. The first-order valence-corrected chi connectivity index (χ1v) is 12.2. The van der Waals surface area contributed by atoms with Crippen molar-refractivity contribution < 1.29 is 22.7 Å². The third kappa shape index (κ3) is 7.46. The number of benzene rings is 1. The minimum absolute atomic E-state index is 0.0462. The summed E-state index contributed by atoms with van der Waals surface area (Å²) in [5.41, 5.74) is 1.05. The van der Waals surface area contributed by atoms with Crippen molar-refractivity contribution in [3.63, 3.8) is 0 Å². The van der Waals surface area contributed by atoms with Gasteiger partial charge in [0.15, 0.2) is 0 Å². The maximum atomic E-state index is 12.3. The second-order valence-corrected chi connectivity index (χ2v) is 9.67. The first-order valence-electron chi connectivity index (χ1n) is 10.6. The Morgan fingerprint density at radius 2 is 1.61 bits per heavy atom. The summed E-state index contributed by atoms with van der Waals surface area (Å²) in [4.78, 5) is 28.1. The van der Waals surface area contributed by atoms with E-state index in [1.807, 2.05) is 35.2 Å². The van der Waals surface area contributed by atoms with E-state index in [1.165, 1.54) is 4.31 Å². The molecule has 11 heteroatoms.